The molecule has 4 aromatic heterocycles. The van der Waals surface area contributed by atoms with Gasteiger partial charge in [-0.2, -0.15) is 0 Å². The predicted octanol–water partition coefficient (Wildman–Crippen LogP) is 10.8. The number of benzene rings is 4. The molecular formula is C60H64N12O4S4. The highest BCUT2D eigenvalue weighted by Crippen LogP contribution is 2.54. The molecule has 80 heavy (non-hydrogen) atoms. The molecule has 2 fully saturated rings. The highest BCUT2D eigenvalue weighted by Gasteiger charge is 2.26. The van der Waals surface area contributed by atoms with Crippen LogP contribution in [0.25, 0.3) is 22.5 Å². The standard InChI is InChI=1S/C32H36N6O2S2.C28H28N6O2S2/c1-4-37(5-2)20-27(26-19-33-21(3)18-34-26)35-22-9-10-28-30(15-22)41-29-8-6-7-24(32(29)42-28)25-16-23(17-31(39)36-25)38-11-13-40-14-12-38;1-17-15-31-23(16-30-17)22(14-29)32-18-5-6-24-26(11-18)37-25-4-2-3-20(28(25)38-24)21-12-19(13-27(35)33-21)34-7-9-36-10-8-34/h6-10,15-19,27,35H,4-5,11-14,20H2,1-3H3,(H,36,39);2-6,11-13,15-16,22,32H,7-10,14,29H2,1H3,(H,33,35). The average molecular weight is 1150 g/mol. The van der Waals surface area contributed by atoms with Crippen LogP contribution in [0.2, 0.25) is 0 Å². The number of morpholine rings is 2. The summed E-state index contributed by atoms with van der Waals surface area (Å²) in [5, 5.41) is 7.26. The van der Waals surface area contributed by atoms with Gasteiger partial charge in [-0.25, -0.2) is 0 Å². The maximum Gasteiger partial charge on any atom is 0.250 e. The molecule has 20 heteroatoms. The zero-order valence-corrected chi connectivity index (χ0v) is 48.4. The lowest BCUT2D eigenvalue weighted by Gasteiger charge is -2.29. The van der Waals surface area contributed by atoms with Gasteiger partial charge in [-0.1, -0.05) is 85.2 Å². The minimum absolute atomic E-state index is 0.0201. The molecule has 12 rings (SSSR count). The van der Waals surface area contributed by atoms with E-state index in [1.54, 1.807) is 71.6 Å². The maximum atomic E-state index is 12.7. The van der Waals surface area contributed by atoms with Crippen molar-refractivity contribution in [2.45, 2.75) is 78.9 Å². The number of hydrogen-bond acceptors (Lipinski definition) is 18. The molecule has 0 radical (unpaired) electrons. The molecule has 0 bridgehead atoms. The van der Waals surface area contributed by atoms with Crippen LogP contribution in [-0.4, -0.2) is 114 Å². The van der Waals surface area contributed by atoms with Crippen LogP contribution in [0.3, 0.4) is 0 Å². The number of aromatic nitrogens is 6. The number of nitrogens with one attached hydrogen (secondary N) is 4. The Labute approximate surface area is 482 Å². The molecule has 6 N–H and O–H groups in total. The summed E-state index contributed by atoms with van der Waals surface area (Å²) < 4.78 is 11.0. The van der Waals surface area contributed by atoms with Gasteiger partial charge in [-0.15, -0.1) is 0 Å². The summed E-state index contributed by atoms with van der Waals surface area (Å²) in [5.41, 5.74) is 17.1. The molecule has 0 amide bonds. The fourth-order valence-electron chi connectivity index (χ4n) is 9.94. The van der Waals surface area contributed by atoms with E-state index in [0.29, 0.717) is 33.0 Å². The van der Waals surface area contributed by atoms with Crippen molar-refractivity contribution in [3.63, 3.8) is 0 Å². The topological polar surface area (TPSA) is 196 Å². The zero-order chi connectivity index (χ0) is 55.1. The second kappa shape index (κ2) is 25.4. The van der Waals surface area contributed by atoms with Crippen molar-refractivity contribution < 1.29 is 9.47 Å². The molecule has 2 saturated heterocycles. The molecule has 4 aliphatic heterocycles. The number of aromatic amines is 2. The number of H-pyrrole nitrogens is 2. The molecule has 2 atom stereocenters. The van der Waals surface area contributed by atoms with Gasteiger partial charge in [-0.3, -0.25) is 29.5 Å². The molecule has 0 aliphatic carbocycles. The first kappa shape index (κ1) is 55.3. The van der Waals surface area contributed by atoms with Crippen LogP contribution in [0.4, 0.5) is 22.7 Å². The number of rotatable bonds is 15. The van der Waals surface area contributed by atoms with Crippen LogP contribution in [0, 0.1) is 13.8 Å². The van der Waals surface area contributed by atoms with E-state index >= 15 is 0 Å². The molecule has 8 heterocycles. The molecule has 2 unspecified atom stereocenters. The molecular weight excluding hydrogens is 1080 g/mol. The number of hydrogen-bond donors (Lipinski definition) is 5. The number of pyridine rings is 2. The van der Waals surface area contributed by atoms with Crippen molar-refractivity contribution >= 4 is 69.8 Å². The van der Waals surface area contributed by atoms with Gasteiger partial charge >= 0.3 is 0 Å². The van der Waals surface area contributed by atoms with E-state index in [1.807, 2.05) is 26.2 Å². The van der Waals surface area contributed by atoms with Crippen LogP contribution in [0.5, 0.6) is 0 Å². The van der Waals surface area contributed by atoms with Gasteiger partial charge in [0.1, 0.15) is 0 Å². The van der Waals surface area contributed by atoms with Gasteiger partial charge in [0.25, 0.3) is 0 Å². The lowest BCUT2D eigenvalue weighted by Crippen LogP contribution is -2.36. The van der Waals surface area contributed by atoms with E-state index in [-0.39, 0.29) is 23.2 Å². The summed E-state index contributed by atoms with van der Waals surface area (Å²) in [6, 6.07) is 33.0. The first-order chi connectivity index (χ1) is 39.1. The van der Waals surface area contributed by atoms with E-state index < -0.39 is 0 Å². The number of anilines is 4. The Morgan fingerprint density at radius 3 is 1.46 bits per heavy atom. The predicted molar refractivity (Wildman–Crippen MR) is 324 cm³/mol. The third-order valence-electron chi connectivity index (χ3n) is 14.3. The summed E-state index contributed by atoms with van der Waals surface area (Å²) in [5.74, 6) is 0. The number of nitrogens with zero attached hydrogens (tertiary/aromatic N) is 7. The summed E-state index contributed by atoms with van der Waals surface area (Å²) in [7, 11) is 0. The van der Waals surface area contributed by atoms with Crippen molar-refractivity contribution in [2.75, 3.05) is 99.2 Å². The van der Waals surface area contributed by atoms with Crippen molar-refractivity contribution in [2.24, 2.45) is 5.73 Å². The van der Waals surface area contributed by atoms with Gasteiger partial charge in [0.05, 0.1) is 85.1 Å². The SMILES string of the molecule is CCN(CC)CC(Nc1ccc2c(c1)Sc1cccc(-c3cc(N4CCOCC4)cc(=O)[nH]3)c1S2)c1cnc(C)cn1.Cc1cnc(C(CN)Nc2ccc3c(c2)Sc2cccc(-c4cc(N5CCOCC5)cc(=O)[nH]4)c2S3)cn1. The third kappa shape index (κ3) is 12.9. The lowest BCUT2D eigenvalue weighted by atomic mass is 10.1. The Morgan fingerprint density at radius 1 is 0.562 bits per heavy atom. The van der Waals surface area contributed by atoms with Gasteiger partial charge in [0.2, 0.25) is 11.1 Å². The van der Waals surface area contributed by atoms with E-state index in [1.165, 1.54) is 29.4 Å². The zero-order valence-electron chi connectivity index (χ0n) is 45.2. The number of ether oxygens (including phenoxy) is 2. The largest absolute Gasteiger partial charge is 0.378 e. The van der Waals surface area contributed by atoms with Crippen LogP contribution < -0.4 is 37.3 Å². The Balaban J connectivity index is 0.000000170. The lowest BCUT2D eigenvalue weighted by molar-refractivity contribution is 0.122. The molecule has 4 aliphatic rings. The van der Waals surface area contributed by atoms with E-state index in [9.17, 15) is 9.59 Å². The van der Waals surface area contributed by atoms with Crippen molar-refractivity contribution in [3.05, 3.63) is 165 Å². The van der Waals surface area contributed by atoms with Crippen molar-refractivity contribution in [1.82, 2.24) is 34.8 Å². The Hall–Kier alpha value is -6.62. The molecule has 412 valence electrons. The summed E-state index contributed by atoms with van der Waals surface area (Å²) >= 11 is 7.00. The first-order valence-corrected chi connectivity index (χ1v) is 30.3. The fourth-order valence-corrected chi connectivity index (χ4v) is 14.8. The summed E-state index contributed by atoms with van der Waals surface area (Å²) in [4.78, 5) is 65.8. The van der Waals surface area contributed by atoms with Gasteiger partial charge in [-0.05, 0) is 87.6 Å². The molecule has 0 saturated carbocycles. The normalized spacial score (nSPS) is 15.4. The highest BCUT2D eigenvalue weighted by molar-refractivity contribution is 8.05. The minimum Gasteiger partial charge on any atom is -0.378 e. The molecule has 0 spiro atoms. The third-order valence-corrected chi connectivity index (χ3v) is 19.5. The van der Waals surface area contributed by atoms with Gasteiger partial charge < -0.3 is 50.5 Å². The maximum absolute atomic E-state index is 12.7. The number of likely N-dealkylation sites (N-methyl/N-ethyl adjacent to an activating group) is 1. The van der Waals surface area contributed by atoms with Gasteiger partial charge in [0, 0.05) is 137 Å². The minimum atomic E-state index is -0.128. The first-order valence-electron chi connectivity index (χ1n) is 27.0. The number of fused-ring (bicyclic) bond motifs is 4. The Kier molecular flexibility index (Phi) is 17.6. The average Bonchev–Trinajstić information content (AvgIpc) is 3.58. The number of nitrogens with two attached hydrogens (primary N) is 1. The molecule has 4 aromatic carbocycles. The van der Waals surface area contributed by atoms with E-state index in [2.05, 4.69) is 149 Å². The number of aryl methyl sites for hydroxylation is 2. The van der Waals surface area contributed by atoms with E-state index in [0.717, 1.165) is 124 Å². The smallest absolute Gasteiger partial charge is 0.250 e. The second-order valence-electron chi connectivity index (χ2n) is 19.7. The second-order valence-corrected chi connectivity index (χ2v) is 24.0. The van der Waals surface area contributed by atoms with Crippen LogP contribution in [0.15, 0.2) is 171 Å². The van der Waals surface area contributed by atoms with Crippen molar-refractivity contribution in [3.8, 4) is 22.5 Å². The van der Waals surface area contributed by atoms with Crippen molar-refractivity contribution in [1.29, 1.82) is 0 Å². The fraction of sp³-hybridized carbons (Fsp3) is 0.300. The van der Waals surface area contributed by atoms with Crippen LogP contribution >= 0.6 is 47.0 Å². The Bertz CT molecular complexity index is 3590. The Morgan fingerprint density at radius 2 is 1.02 bits per heavy atom. The quantitative estimate of drug-likeness (QED) is 0.0650. The van der Waals surface area contributed by atoms with Crippen LogP contribution in [-0.2, 0) is 9.47 Å². The monoisotopic (exact) mass is 1140 g/mol. The summed E-state index contributed by atoms with van der Waals surface area (Å²) in [6.45, 7) is 17.3. The molecule has 16 nitrogen and oxygen atoms in total. The summed E-state index contributed by atoms with van der Waals surface area (Å²) in [6.07, 6.45) is 7.26. The van der Waals surface area contributed by atoms with E-state index in [4.69, 9.17) is 20.2 Å². The molecule has 8 aromatic rings. The highest BCUT2D eigenvalue weighted by atomic mass is 32.2. The van der Waals surface area contributed by atoms with Crippen LogP contribution in [0.1, 0.15) is 48.7 Å². The van der Waals surface area contributed by atoms with Gasteiger partial charge in [0.15, 0.2) is 0 Å².